The van der Waals surface area contributed by atoms with Crippen molar-refractivity contribution >= 4 is 5.91 Å². The number of nitrogens with one attached hydrogen (secondary N) is 1. The smallest absolute Gasteiger partial charge is 0.224 e. The number of carbonyl (C=O) groups is 1. The number of nitrogens with two attached hydrogens (primary N) is 1. The quantitative estimate of drug-likeness (QED) is 0.704. The van der Waals surface area contributed by atoms with Crippen LogP contribution in [-0.4, -0.2) is 43.0 Å². The topological polar surface area (TPSA) is 58.4 Å². The lowest BCUT2D eigenvalue weighted by Gasteiger charge is -2.27. The molecule has 1 aliphatic rings. The van der Waals surface area contributed by atoms with Crippen LogP contribution in [0.15, 0.2) is 0 Å². The van der Waals surface area contributed by atoms with Gasteiger partial charge in [-0.2, -0.15) is 0 Å². The molecule has 3 N–H and O–H groups in total. The highest BCUT2D eigenvalue weighted by Crippen LogP contribution is 2.22. The van der Waals surface area contributed by atoms with E-state index in [2.05, 4.69) is 31.1 Å². The molecule has 18 heavy (non-hydrogen) atoms. The van der Waals surface area contributed by atoms with E-state index in [-0.39, 0.29) is 17.9 Å². The fourth-order valence-corrected chi connectivity index (χ4v) is 2.41. The molecule has 4 heteroatoms. The Labute approximate surface area is 111 Å². The van der Waals surface area contributed by atoms with E-state index in [0.717, 1.165) is 38.8 Å². The molecule has 0 aromatic carbocycles. The first-order valence-corrected chi connectivity index (χ1v) is 7.26. The monoisotopic (exact) mass is 255 g/mol. The summed E-state index contributed by atoms with van der Waals surface area (Å²) in [5.74, 6) is 0.205. The van der Waals surface area contributed by atoms with Crippen LogP contribution in [0.3, 0.4) is 0 Å². The second kappa shape index (κ2) is 7.74. The van der Waals surface area contributed by atoms with Crippen LogP contribution in [0.2, 0.25) is 0 Å². The molecule has 0 radical (unpaired) electrons. The van der Waals surface area contributed by atoms with Gasteiger partial charge in [0.2, 0.25) is 5.91 Å². The summed E-state index contributed by atoms with van der Waals surface area (Å²) in [5, 5.41) is 3.03. The zero-order valence-electron chi connectivity index (χ0n) is 12.1. The number of rotatable bonds is 6. The normalized spacial score (nSPS) is 24.6. The number of hydrogen-bond acceptors (Lipinski definition) is 3. The van der Waals surface area contributed by atoms with Crippen molar-refractivity contribution in [3.8, 4) is 0 Å². The van der Waals surface area contributed by atoms with Gasteiger partial charge in [-0.15, -0.1) is 0 Å². The van der Waals surface area contributed by atoms with Gasteiger partial charge >= 0.3 is 0 Å². The second-order valence-corrected chi connectivity index (χ2v) is 5.77. The predicted molar refractivity (Wildman–Crippen MR) is 75.3 cm³/mol. The molecule has 0 heterocycles. The highest BCUT2D eigenvalue weighted by molar-refractivity contribution is 5.79. The molecule has 106 valence electrons. The number of amides is 1. The summed E-state index contributed by atoms with van der Waals surface area (Å²) in [7, 11) is 2.11. The molecule has 2 atom stereocenters. The molecular formula is C14H29N3O. The van der Waals surface area contributed by atoms with Crippen LogP contribution in [0.4, 0.5) is 0 Å². The van der Waals surface area contributed by atoms with Crippen molar-refractivity contribution < 1.29 is 4.79 Å². The number of nitrogens with zero attached hydrogens (tertiary/aromatic N) is 1. The van der Waals surface area contributed by atoms with E-state index in [1.807, 2.05) is 0 Å². The Kier molecular flexibility index (Phi) is 6.65. The van der Waals surface area contributed by atoms with E-state index in [1.165, 1.54) is 6.42 Å². The Hall–Kier alpha value is -0.610. The summed E-state index contributed by atoms with van der Waals surface area (Å²) >= 11 is 0. The van der Waals surface area contributed by atoms with Crippen LogP contribution >= 0.6 is 0 Å². The Balaban J connectivity index is 2.16. The summed E-state index contributed by atoms with van der Waals surface area (Å²) in [6.45, 7) is 6.15. The summed E-state index contributed by atoms with van der Waals surface area (Å²) < 4.78 is 0. The Morgan fingerprint density at radius 2 is 2.06 bits per heavy atom. The third-order valence-electron chi connectivity index (χ3n) is 4.02. The lowest BCUT2D eigenvalue weighted by atomic mass is 9.84. The third kappa shape index (κ3) is 4.94. The second-order valence-electron chi connectivity index (χ2n) is 5.77. The van der Waals surface area contributed by atoms with Crippen LogP contribution in [0.5, 0.6) is 0 Å². The molecule has 0 aromatic rings. The van der Waals surface area contributed by atoms with Gasteiger partial charge in [0.1, 0.15) is 0 Å². The van der Waals surface area contributed by atoms with Gasteiger partial charge in [-0.05, 0) is 46.7 Å². The average Bonchev–Trinajstić information content (AvgIpc) is 2.34. The average molecular weight is 255 g/mol. The van der Waals surface area contributed by atoms with Crippen molar-refractivity contribution in [2.24, 2.45) is 11.7 Å². The number of carbonyl (C=O) groups excluding carboxylic acids is 1. The molecule has 1 fully saturated rings. The van der Waals surface area contributed by atoms with Gasteiger partial charge in [0, 0.05) is 18.6 Å². The van der Waals surface area contributed by atoms with Gasteiger partial charge < -0.3 is 16.0 Å². The summed E-state index contributed by atoms with van der Waals surface area (Å²) in [5.41, 5.74) is 6.00. The summed E-state index contributed by atoms with van der Waals surface area (Å²) in [4.78, 5) is 14.3. The Morgan fingerprint density at radius 1 is 1.39 bits per heavy atom. The first-order valence-electron chi connectivity index (χ1n) is 7.26. The molecule has 2 unspecified atom stereocenters. The van der Waals surface area contributed by atoms with Crippen molar-refractivity contribution in [3.05, 3.63) is 0 Å². The molecular weight excluding hydrogens is 226 g/mol. The fourth-order valence-electron chi connectivity index (χ4n) is 2.41. The third-order valence-corrected chi connectivity index (χ3v) is 4.02. The largest absolute Gasteiger partial charge is 0.356 e. The lowest BCUT2D eigenvalue weighted by molar-refractivity contribution is -0.126. The van der Waals surface area contributed by atoms with Crippen LogP contribution in [-0.2, 0) is 4.79 Å². The molecule has 0 saturated heterocycles. The zero-order valence-corrected chi connectivity index (χ0v) is 12.1. The maximum Gasteiger partial charge on any atom is 0.224 e. The van der Waals surface area contributed by atoms with Gasteiger partial charge in [0.25, 0.3) is 0 Å². The minimum atomic E-state index is 0.0431. The molecule has 4 nitrogen and oxygen atoms in total. The Morgan fingerprint density at radius 3 is 2.67 bits per heavy atom. The zero-order chi connectivity index (χ0) is 13.5. The highest BCUT2D eigenvalue weighted by atomic mass is 16.1. The SMILES string of the molecule is CC(C)N(C)CCCNC(=O)C1CCCCC1N. The standard InChI is InChI=1S/C14H29N3O/c1-11(2)17(3)10-6-9-16-14(18)12-7-4-5-8-13(12)15/h11-13H,4-10,15H2,1-3H3,(H,16,18). The van der Waals surface area contributed by atoms with Crippen molar-refractivity contribution in [3.63, 3.8) is 0 Å². The van der Waals surface area contributed by atoms with Crippen LogP contribution in [0.25, 0.3) is 0 Å². The molecule has 0 aromatic heterocycles. The van der Waals surface area contributed by atoms with E-state index in [0.29, 0.717) is 6.04 Å². The van der Waals surface area contributed by atoms with Crippen molar-refractivity contribution in [2.75, 3.05) is 20.1 Å². The van der Waals surface area contributed by atoms with Crippen molar-refractivity contribution in [2.45, 2.75) is 58.0 Å². The first-order chi connectivity index (χ1) is 8.52. The van der Waals surface area contributed by atoms with Crippen molar-refractivity contribution in [1.29, 1.82) is 0 Å². The van der Waals surface area contributed by atoms with Gasteiger partial charge in [-0.25, -0.2) is 0 Å². The van der Waals surface area contributed by atoms with E-state index in [1.54, 1.807) is 0 Å². The van der Waals surface area contributed by atoms with Gasteiger partial charge in [0.15, 0.2) is 0 Å². The van der Waals surface area contributed by atoms with Gasteiger partial charge in [-0.1, -0.05) is 12.8 Å². The van der Waals surface area contributed by atoms with Crippen LogP contribution in [0.1, 0.15) is 46.0 Å². The molecule has 1 aliphatic carbocycles. The number of hydrogen-bond donors (Lipinski definition) is 2. The molecule has 1 saturated carbocycles. The highest BCUT2D eigenvalue weighted by Gasteiger charge is 2.27. The lowest BCUT2D eigenvalue weighted by Crippen LogP contribution is -2.44. The fraction of sp³-hybridized carbons (Fsp3) is 0.929. The van der Waals surface area contributed by atoms with Crippen LogP contribution < -0.4 is 11.1 Å². The van der Waals surface area contributed by atoms with Crippen LogP contribution in [0, 0.1) is 5.92 Å². The Bertz CT molecular complexity index is 255. The maximum atomic E-state index is 12.0. The predicted octanol–water partition coefficient (Wildman–Crippen LogP) is 1.35. The molecule has 0 aliphatic heterocycles. The summed E-state index contributed by atoms with van der Waals surface area (Å²) in [6, 6.07) is 0.629. The molecule has 0 spiro atoms. The van der Waals surface area contributed by atoms with E-state index >= 15 is 0 Å². The van der Waals surface area contributed by atoms with Gasteiger partial charge in [0.05, 0.1) is 5.92 Å². The first kappa shape index (κ1) is 15.4. The molecule has 1 amide bonds. The van der Waals surface area contributed by atoms with E-state index < -0.39 is 0 Å². The van der Waals surface area contributed by atoms with E-state index in [9.17, 15) is 4.79 Å². The van der Waals surface area contributed by atoms with Gasteiger partial charge in [-0.3, -0.25) is 4.79 Å². The minimum absolute atomic E-state index is 0.0431. The maximum absolute atomic E-state index is 12.0. The molecule has 1 rings (SSSR count). The minimum Gasteiger partial charge on any atom is -0.356 e. The molecule has 0 bridgehead atoms. The summed E-state index contributed by atoms with van der Waals surface area (Å²) in [6.07, 6.45) is 5.27. The van der Waals surface area contributed by atoms with E-state index in [4.69, 9.17) is 5.73 Å². The van der Waals surface area contributed by atoms with Crippen molar-refractivity contribution in [1.82, 2.24) is 10.2 Å².